The third kappa shape index (κ3) is 7.17. The summed E-state index contributed by atoms with van der Waals surface area (Å²) in [5.41, 5.74) is 3.92. The molecule has 6 heteroatoms. The summed E-state index contributed by atoms with van der Waals surface area (Å²) in [5.74, 6) is 0.788. The van der Waals surface area contributed by atoms with Gasteiger partial charge >= 0.3 is 0 Å². The molecule has 0 aliphatic rings. The van der Waals surface area contributed by atoms with Crippen LogP contribution >= 0.6 is 0 Å². The molecule has 0 saturated carbocycles. The Balaban J connectivity index is 1.40. The van der Waals surface area contributed by atoms with Crippen LogP contribution in [-0.2, 0) is 29.1 Å². The predicted octanol–water partition coefficient (Wildman–Crippen LogP) is 5.24. The predicted molar refractivity (Wildman–Crippen MR) is 149 cm³/mol. The summed E-state index contributed by atoms with van der Waals surface area (Å²) in [5, 5.41) is 2.94. The van der Waals surface area contributed by atoms with E-state index in [9.17, 15) is 9.59 Å². The molecular formula is C31H34N4O2. The minimum atomic E-state index is -0.124. The summed E-state index contributed by atoms with van der Waals surface area (Å²) in [7, 11) is 0. The lowest BCUT2D eigenvalue weighted by Crippen LogP contribution is -2.38. The molecule has 4 rings (SSSR count). The zero-order valence-corrected chi connectivity index (χ0v) is 21.5. The maximum absolute atomic E-state index is 13.5. The van der Waals surface area contributed by atoms with Gasteiger partial charge in [-0.25, -0.2) is 4.98 Å². The largest absolute Gasteiger partial charge is 0.353 e. The summed E-state index contributed by atoms with van der Waals surface area (Å²) in [4.78, 5) is 32.4. The van der Waals surface area contributed by atoms with Crippen molar-refractivity contribution in [2.24, 2.45) is 0 Å². The summed E-state index contributed by atoms with van der Waals surface area (Å²) in [6.45, 7) is 5.42. The van der Waals surface area contributed by atoms with Crippen molar-refractivity contribution in [3.63, 3.8) is 0 Å². The minimum Gasteiger partial charge on any atom is -0.353 e. The van der Waals surface area contributed by atoms with Gasteiger partial charge in [0.2, 0.25) is 11.8 Å². The molecule has 0 atom stereocenters. The van der Waals surface area contributed by atoms with Crippen LogP contribution in [0.3, 0.4) is 0 Å². The lowest BCUT2D eigenvalue weighted by atomic mass is 10.2. The van der Waals surface area contributed by atoms with E-state index in [4.69, 9.17) is 4.98 Å². The first-order chi connectivity index (χ1) is 18.0. The molecule has 1 N–H and O–H groups in total. The van der Waals surface area contributed by atoms with Crippen molar-refractivity contribution in [1.29, 1.82) is 0 Å². The van der Waals surface area contributed by atoms with Crippen LogP contribution in [-0.4, -0.2) is 38.9 Å². The molecule has 3 aromatic carbocycles. The smallest absolute Gasteiger partial charge is 0.243 e. The molecule has 37 heavy (non-hydrogen) atoms. The average molecular weight is 495 g/mol. The number of hydrogen-bond acceptors (Lipinski definition) is 3. The molecule has 190 valence electrons. The van der Waals surface area contributed by atoms with E-state index in [2.05, 4.69) is 5.32 Å². The SMILES string of the molecule is CC(C)N(Cc1ccccc1)C(=O)Cn1c(CCCNC(=O)/C=C\c2ccccc2)nc2ccccc21. The quantitative estimate of drug-likeness (QED) is 0.229. The van der Waals surface area contributed by atoms with Gasteiger partial charge < -0.3 is 14.8 Å². The fourth-order valence-electron chi connectivity index (χ4n) is 4.31. The Kier molecular flexibility index (Phi) is 8.87. The second kappa shape index (κ2) is 12.7. The number of aromatic nitrogens is 2. The number of rotatable bonds is 11. The Hall–Kier alpha value is -4.19. The van der Waals surface area contributed by atoms with Crippen LogP contribution in [0.5, 0.6) is 0 Å². The maximum Gasteiger partial charge on any atom is 0.243 e. The fourth-order valence-corrected chi connectivity index (χ4v) is 4.31. The molecule has 0 unspecified atom stereocenters. The zero-order chi connectivity index (χ0) is 26.0. The van der Waals surface area contributed by atoms with Crippen LogP contribution in [0.2, 0.25) is 0 Å². The number of fused-ring (bicyclic) bond motifs is 1. The van der Waals surface area contributed by atoms with Crippen molar-refractivity contribution in [2.75, 3.05) is 6.54 Å². The lowest BCUT2D eigenvalue weighted by molar-refractivity contribution is -0.134. The highest BCUT2D eigenvalue weighted by molar-refractivity contribution is 5.91. The third-order valence-electron chi connectivity index (χ3n) is 6.27. The Morgan fingerprint density at radius 1 is 0.946 bits per heavy atom. The van der Waals surface area contributed by atoms with Crippen LogP contribution in [0, 0.1) is 0 Å². The van der Waals surface area contributed by atoms with E-state index in [0.29, 0.717) is 19.5 Å². The van der Waals surface area contributed by atoms with Gasteiger partial charge in [0.15, 0.2) is 0 Å². The number of nitrogens with one attached hydrogen (secondary N) is 1. The summed E-state index contributed by atoms with van der Waals surface area (Å²) in [6, 6.07) is 27.8. The molecule has 0 fully saturated rings. The van der Waals surface area contributed by atoms with Gasteiger partial charge in [-0.05, 0) is 49.6 Å². The number of para-hydroxylation sites is 2. The van der Waals surface area contributed by atoms with Crippen molar-refractivity contribution in [2.45, 2.75) is 45.8 Å². The zero-order valence-electron chi connectivity index (χ0n) is 21.5. The van der Waals surface area contributed by atoms with Gasteiger partial charge in [-0.2, -0.15) is 0 Å². The van der Waals surface area contributed by atoms with Crippen LogP contribution in [0.25, 0.3) is 17.1 Å². The van der Waals surface area contributed by atoms with E-state index >= 15 is 0 Å². The molecule has 4 aromatic rings. The molecule has 6 nitrogen and oxygen atoms in total. The van der Waals surface area contributed by atoms with Gasteiger partial charge in [0, 0.05) is 31.6 Å². The average Bonchev–Trinajstić information content (AvgIpc) is 3.26. The van der Waals surface area contributed by atoms with Gasteiger partial charge in [-0.3, -0.25) is 9.59 Å². The maximum atomic E-state index is 13.5. The summed E-state index contributed by atoms with van der Waals surface area (Å²) >= 11 is 0. The standard InChI is InChI=1S/C31H34N4O2/c1-24(2)34(22-26-14-7-4-8-15-26)31(37)23-35-28-17-10-9-16-27(28)33-29(35)18-11-21-32-30(36)20-19-25-12-5-3-6-13-25/h3-10,12-17,19-20,24H,11,18,21-23H2,1-2H3,(H,32,36)/b20-19-. The van der Waals surface area contributed by atoms with Crippen molar-refractivity contribution in [3.8, 4) is 0 Å². The Morgan fingerprint density at radius 3 is 2.35 bits per heavy atom. The number of aryl methyl sites for hydroxylation is 1. The topological polar surface area (TPSA) is 67.2 Å². The summed E-state index contributed by atoms with van der Waals surface area (Å²) in [6.07, 6.45) is 4.73. The second-order valence-corrected chi connectivity index (χ2v) is 9.34. The second-order valence-electron chi connectivity index (χ2n) is 9.34. The molecule has 1 heterocycles. The first kappa shape index (κ1) is 25.9. The van der Waals surface area contributed by atoms with E-state index in [1.807, 2.05) is 108 Å². The first-order valence-electron chi connectivity index (χ1n) is 12.8. The van der Waals surface area contributed by atoms with Crippen LogP contribution in [0.15, 0.2) is 91.0 Å². The molecule has 0 aliphatic heterocycles. The van der Waals surface area contributed by atoms with Crippen molar-refractivity contribution >= 4 is 28.9 Å². The molecule has 0 saturated heterocycles. The molecular weight excluding hydrogens is 460 g/mol. The first-order valence-corrected chi connectivity index (χ1v) is 12.8. The molecule has 2 amide bonds. The Labute approximate surface area is 218 Å². The number of carbonyl (C=O) groups excluding carboxylic acids is 2. The number of benzene rings is 3. The Bertz CT molecular complexity index is 1340. The number of imidazole rings is 1. The van der Waals surface area contributed by atoms with Crippen molar-refractivity contribution in [3.05, 3.63) is 108 Å². The van der Waals surface area contributed by atoms with Crippen LogP contribution in [0.1, 0.15) is 37.2 Å². The van der Waals surface area contributed by atoms with Gasteiger partial charge in [-0.15, -0.1) is 0 Å². The molecule has 0 aliphatic carbocycles. The highest BCUT2D eigenvalue weighted by Crippen LogP contribution is 2.19. The van der Waals surface area contributed by atoms with Gasteiger partial charge in [0.05, 0.1) is 11.0 Å². The van der Waals surface area contributed by atoms with Crippen LogP contribution in [0.4, 0.5) is 0 Å². The highest BCUT2D eigenvalue weighted by Gasteiger charge is 2.20. The minimum absolute atomic E-state index is 0.0580. The van der Waals surface area contributed by atoms with E-state index in [-0.39, 0.29) is 24.4 Å². The van der Waals surface area contributed by atoms with Crippen LogP contribution < -0.4 is 5.32 Å². The normalized spacial score (nSPS) is 11.3. The highest BCUT2D eigenvalue weighted by atomic mass is 16.2. The number of hydrogen-bond donors (Lipinski definition) is 1. The number of nitrogens with zero attached hydrogens (tertiary/aromatic N) is 3. The molecule has 0 bridgehead atoms. The van der Waals surface area contributed by atoms with E-state index < -0.39 is 0 Å². The van der Waals surface area contributed by atoms with Gasteiger partial charge in [-0.1, -0.05) is 72.8 Å². The van der Waals surface area contributed by atoms with Crippen molar-refractivity contribution < 1.29 is 9.59 Å². The van der Waals surface area contributed by atoms with E-state index in [0.717, 1.165) is 34.4 Å². The van der Waals surface area contributed by atoms with E-state index in [1.54, 1.807) is 12.2 Å². The van der Waals surface area contributed by atoms with E-state index in [1.165, 1.54) is 0 Å². The molecule has 0 spiro atoms. The van der Waals surface area contributed by atoms with Gasteiger partial charge in [0.25, 0.3) is 0 Å². The number of carbonyl (C=O) groups is 2. The molecule has 0 radical (unpaired) electrons. The monoisotopic (exact) mass is 494 g/mol. The fraction of sp³-hybridized carbons (Fsp3) is 0.258. The van der Waals surface area contributed by atoms with Gasteiger partial charge in [0.1, 0.15) is 12.4 Å². The third-order valence-corrected chi connectivity index (χ3v) is 6.27. The lowest BCUT2D eigenvalue weighted by Gasteiger charge is -2.27. The van der Waals surface area contributed by atoms with Crippen molar-refractivity contribution in [1.82, 2.24) is 19.8 Å². The summed E-state index contributed by atoms with van der Waals surface area (Å²) < 4.78 is 2.02. The molecule has 1 aromatic heterocycles. The number of amides is 2. The Morgan fingerprint density at radius 2 is 1.62 bits per heavy atom.